The van der Waals surface area contributed by atoms with E-state index in [1.807, 2.05) is 12.1 Å². The zero-order chi connectivity index (χ0) is 39.1. The molecule has 7 rings (SSSR count). The number of amides is 2. The van der Waals surface area contributed by atoms with E-state index < -0.39 is 44.5 Å². The van der Waals surface area contributed by atoms with Crippen LogP contribution in [0.4, 0.5) is 24.5 Å². The summed E-state index contributed by atoms with van der Waals surface area (Å²) in [7, 11) is -2.58. The van der Waals surface area contributed by atoms with E-state index in [2.05, 4.69) is 14.6 Å². The number of carbonyl (C=O) groups is 2. The van der Waals surface area contributed by atoms with Gasteiger partial charge in [-0.3, -0.25) is 19.5 Å². The van der Waals surface area contributed by atoms with Crippen molar-refractivity contribution in [2.75, 3.05) is 56.1 Å². The summed E-state index contributed by atoms with van der Waals surface area (Å²) >= 11 is 6.62. The highest BCUT2D eigenvalue weighted by Crippen LogP contribution is 2.55. The van der Waals surface area contributed by atoms with Crippen LogP contribution in [0, 0.1) is 0 Å². The van der Waals surface area contributed by atoms with E-state index in [4.69, 9.17) is 21.1 Å². The lowest BCUT2D eigenvalue weighted by molar-refractivity contribution is -0.275. The highest BCUT2D eigenvalue weighted by atomic mass is 35.5. The van der Waals surface area contributed by atoms with Crippen LogP contribution in [0.15, 0.2) is 90.1 Å². The largest absolute Gasteiger partial charge is 0.573 e. The highest BCUT2D eigenvalue weighted by Gasteiger charge is 2.63. The molecule has 2 atom stereocenters. The molecule has 4 aromatic rings. The van der Waals surface area contributed by atoms with E-state index in [1.54, 1.807) is 46.5 Å². The number of likely N-dealkylation sites (tertiary alicyclic amines) is 1. The molecule has 1 unspecified atom stereocenters. The van der Waals surface area contributed by atoms with Gasteiger partial charge < -0.3 is 24.0 Å². The van der Waals surface area contributed by atoms with Gasteiger partial charge in [-0.2, -0.15) is 0 Å². The first-order valence-corrected chi connectivity index (χ1v) is 19.3. The van der Waals surface area contributed by atoms with E-state index in [0.717, 1.165) is 23.9 Å². The number of ether oxygens (including phenoxy) is 3. The Balaban J connectivity index is 1.38. The molecule has 17 heteroatoms. The zero-order valence-corrected chi connectivity index (χ0v) is 31.4. The van der Waals surface area contributed by atoms with Crippen LogP contribution >= 0.6 is 11.6 Å². The Labute approximate surface area is 321 Å². The lowest BCUT2D eigenvalue weighted by Gasteiger charge is -2.48. The molecule has 55 heavy (non-hydrogen) atoms. The fourth-order valence-electron chi connectivity index (χ4n) is 7.89. The second-order valence-corrected chi connectivity index (χ2v) is 15.4. The Morgan fingerprint density at radius 2 is 1.60 bits per heavy atom. The minimum atomic E-state index is -5.29. The summed E-state index contributed by atoms with van der Waals surface area (Å²) in [4.78, 5) is 39.1. The lowest BCUT2D eigenvalue weighted by Crippen LogP contribution is -2.64. The average molecular weight is 800 g/mol. The molecule has 0 spiro atoms. The first-order chi connectivity index (χ1) is 26.3. The van der Waals surface area contributed by atoms with Crippen molar-refractivity contribution in [1.82, 2.24) is 14.8 Å². The number of para-hydroxylation sites is 1. The molecule has 2 saturated heterocycles. The van der Waals surface area contributed by atoms with Crippen LogP contribution in [0.2, 0.25) is 5.02 Å². The van der Waals surface area contributed by atoms with Crippen molar-refractivity contribution >= 4 is 44.8 Å². The van der Waals surface area contributed by atoms with Gasteiger partial charge in [-0.25, -0.2) is 12.7 Å². The fraction of sp³-hybridized carbons (Fsp3) is 0.342. The van der Waals surface area contributed by atoms with Crippen molar-refractivity contribution in [3.8, 4) is 17.2 Å². The van der Waals surface area contributed by atoms with Gasteiger partial charge in [-0.05, 0) is 61.4 Å². The van der Waals surface area contributed by atoms with E-state index >= 15 is 4.79 Å². The first kappa shape index (κ1) is 38.2. The van der Waals surface area contributed by atoms with Gasteiger partial charge in [-0.15, -0.1) is 13.2 Å². The maximum Gasteiger partial charge on any atom is 0.573 e. The summed E-state index contributed by atoms with van der Waals surface area (Å²) in [5.41, 5.74) is -0.878. The van der Waals surface area contributed by atoms with Gasteiger partial charge in [0.25, 0.3) is 15.9 Å². The molecule has 290 valence electrons. The molecular weight excluding hydrogens is 763 g/mol. The van der Waals surface area contributed by atoms with E-state index in [0.29, 0.717) is 49.7 Å². The topological polar surface area (TPSA) is 122 Å². The summed E-state index contributed by atoms with van der Waals surface area (Å²) in [5, 5.41) is 0.155. The molecule has 1 aromatic heterocycles. The minimum Gasteiger partial charge on any atom is -0.497 e. The number of hydrogen-bond acceptors (Lipinski definition) is 10. The van der Waals surface area contributed by atoms with Crippen LogP contribution in [0.1, 0.15) is 30.4 Å². The quantitative estimate of drug-likeness (QED) is 0.205. The van der Waals surface area contributed by atoms with Crippen molar-refractivity contribution in [2.24, 2.45) is 0 Å². The Morgan fingerprint density at radius 1 is 0.873 bits per heavy atom. The molecule has 0 aliphatic carbocycles. The third-order valence-electron chi connectivity index (χ3n) is 10.3. The maximum atomic E-state index is 15.6. The Morgan fingerprint density at radius 3 is 2.29 bits per heavy atom. The average Bonchev–Trinajstić information content (AvgIpc) is 3.45. The fourth-order valence-corrected chi connectivity index (χ4v) is 9.63. The summed E-state index contributed by atoms with van der Waals surface area (Å²) in [6, 6.07) is 16.5. The number of alkyl halides is 3. The Kier molecular flexibility index (Phi) is 10.3. The van der Waals surface area contributed by atoms with Gasteiger partial charge in [0.15, 0.2) is 11.3 Å². The molecule has 0 radical (unpaired) electrons. The van der Waals surface area contributed by atoms with Crippen LogP contribution < -0.4 is 23.4 Å². The van der Waals surface area contributed by atoms with Crippen molar-refractivity contribution < 1.29 is 45.4 Å². The summed E-state index contributed by atoms with van der Waals surface area (Å²) in [5.74, 6) is -2.28. The number of fused-ring (bicyclic) bond motifs is 1. The number of pyridine rings is 1. The molecule has 3 aromatic carbocycles. The third kappa shape index (κ3) is 6.80. The van der Waals surface area contributed by atoms with E-state index in [-0.39, 0.29) is 45.8 Å². The number of anilines is 2. The molecule has 4 heterocycles. The van der Waals surface area contributed by atoms with Gasteiger partial charge in [0.2, 0.25) is 5.91 Å². The maximum absolute atomic E-state index is 15.6. The number of hydrogen-bond donors (Lipinski definition) is 0. The molecule has 2 amide bonds. The number of sulfonamides is 1. The van der Waals surface area contributed by atoms with Gasteiger partial charge >= 0.3 is 6.36 Å². The first-order valence-electron chi connectivity index (χ1n) is 17.5. The molecule has 12 nitrogen and oxygen atoms in total. The molecule has 2 fully saturated rings. The number of benzene rings is 3. The predicted molar refractivity (Wildman–Crippen MR) is 197 cm³/mol. The van der Waals surface area contributed by atoms with Crippen LogP contribution in [0.3, 0.4) is 0 Å². The molecule has 0 bridgehead atoms. The summed E-state index contributed by atoms with van der Waals surface area (Å²) in [6.07, 6.45) is -0.339. The number of piperazine rings is 1. The number of methoxy groups -OCH3 is 2. The predicted octanol–water partition coefficient (Wildman–Crippen LogP) is 5.83. The number of carbonyl (C=O) groups excluding carboxylic acids is 2. The molecule has 0 N–H and O–H groups in total. The third-order valence-corrected chi connectivity index (χ3v) is 12.3. The van der Waals surface area contributed by atoms with E-state index in [1.165, 1.54) is 32.4 Å². The monoisotopic (exact) mass is 799 g/mol. The molecule has 3 aliphatic rings. The molecule has 0 saturated carbocycles. The highest BCUT2D eigenvalue weighted by molar-refractivity contribution is 7.93. The number of halogens is 4. The van der Waals surface area contributed by atoms with Crippen molar-refractivity contribution in [2.45, 2.75) is 42.1 Å². The normalized spacial score (nSPS) is 20.7. The standard InChI is InChI=1S/C38H37ClF3N5O7S/c1-52-27-11-13-34(33(24-27)54-38(40,41)42)55(50,51)47-30-12-10-25(39)23-29(30)37(36(47)49,28-7-3-4-9-32(28)53-2)46-18-6-5-8-31(46)35(48)45-21-19-44(20-22-45)26-14-16-43-17-15-26/h3-4,7,9-17,23-24,31H,5-6,8,18-22H2,1-2H3/t31-,37?/m0/s1. The minimum absolute atomic E-state index is 0.113. The molecule has 3 aliphatic heterocycles. The second-order valence-electron chi connectivity index (χ2n) is 13.2. The van der Waals surface area contributed by atoms with Crippen LogP contribution in [0.5, 0.6) is 17.2 Å². The zero-order valence-electron chi connectivity index (χ0n) is 29.8. The Hall–Kier alpha value is -5.06. The Bertz CT molecular complexity index is 2210. The van der Waals surface area contributed by atoms with Gasteiger partial charge in [0, 0.05) is 73.0 Å². The van der Waals surface area contributed by atoms with E-state index in [9.17, 15) is 26.4 Å². The van der Waals surface area contributed by atoms with Crippen LogP contribution in [0.25, 0.3) is 0 Å². The smallest absolute Gasteiger partial charge is 0.497 e. The number of piperidine rings is 1. The number of rotatable bonds is 9. The van der Waals surface area contributed by atoms with Crippen molar-refractivity contribution in [3.05, 3.63) is 101 Å². The summed E-state index contributed by atoms with van der Waals surface area (Å²) < 4.78 is 86.3. The lowest BCUT2D eigenvalue weighted by atomic mass is 9.78. The van der Waals surface area contributed by atoms with Crippen LogP contribution in [-0.4, -0.2) is 94.4 Å². The number of aromatic nitrogens is 1. The van der Waals surface area contributed by atoms with Crippen LogP contribution in [-0.2, 0) is 25.2 Å². The second kappa shape index (κ2) is 14.9. The van der Waals surface area contributed by atoms with Gasteiger partial charge in [0.05, 0.1) is 25.9 Å². The SMILES string of the molecule is COc1ccc(S(=O)(=O)N2C(=O)C(c3ccccc3OC)(N3CCCC[C@H]3C(=O)N3CCN(c4ccncc4)CC3)c3cc(Cl)ccc32)c(OC(F)(F)F)c1. The van der Waals surface area contributed by atoms with Crippen molar-refractivity contribution in [1.29, 1.82) is 0 Å². The summed E-state index contributed by atoms with van der Waals surface area (Å²) in [6.45, 7) is 2.07. The van der Waals surface area contributed by atoms with Gasteiger partial charge in [-0.1, -0.05) is 36.2 Å². The molecular formula is C38H37ClF3N5O7S. The van der Waals surface area contributed by atoms with Crippen molar-refractivity contribution in [3.63, 3.8) is 0 Å². The van der Waals surface area contributed by atoms with Gasteiger partial charge in [0.1, 0.15) is 16.4 Å². The number of nitrogens with zero attached hydrogens (tertiary/aromatic N) is 5.